The van der Waals surface area contributed by atoms with Gasteiger partial charge in [0.05, 0.1) is 11.4 Å². The van der Waals surface area contributed by atoms with Crippen LogP contribution >= 0.6 is 0 Å². The van der Waals surface area contributed by atoms with E-state index in [0.717, 1.165) is 17.2 Å². The summed E-state index contributed by atoms with van der Waals surface area (Å²) in [6, 6.07) is 19.2. The molecule has 1 saturated carbocycles. The summed E-state index contributed by atoms with van der Waals surface area (Å²) >= 11 is 0. The van der Waals surface area contributed by atoms with Gasteiger partial charge >= 0.3 is 0 Å². The summed E-state index contributed by atoms with van der Waals surface area (Å²) in [6.07, 6.45) is 6.22. The van der Waals surface area contributed by atoms with Crippen LogP contribution in [0.4, 0.5) is 5.69 Å². The van der Waals surface area contributed by atoms with Gasteiger partial charge in [0.15, 0.2) is 0 Å². The van der Waals surface area contributed by atoms with Crippen molar-refractivity contribution in [1.29, 1.82) is 0 Å². The van der Waals surface area contributed by atoms with E-state index in [1.54, 1.807) is 5.57 Å². The van der Waals surface area contributed by atoms with Gasteiger partial charge in [-0.05, 0) is 31.7 Å². The number of para-hydroxylation sites is 1. The average Bonchev–Trinajstić information content (AvgIpc) is 2.86. The molecule has 1 heterocycles. The quantitative estimate of drug-likeness (QED) is 0.526. The lowest BCUT2D eigenvalue weighted by atomic mass is 9.84. The number of hydrogen-bond donors (Lipinski definition) is 0. The predicted octanol–water partition coefficient (Wildman–Crippen LogP) is 6.98. The van der Waals surface area contributed by atoms with Gasteiger partial charge in [0.25, 0.3) is 0 Å². The molecule has 0 radical (unpaired) electrons. The van der Waals surface area contributed by atoms with Crippen molar-refractivity contribution in [3.63, 3.8) is 0 Å². The molecule has 0 bridgehead atoms. The van der Waals surface area contributed by atoms with Gasteiger partial charge in [-0.15, -0.1) is 0 Å². The van der Waals surface area contributed by atoms with Gasteiger partial charge in [0.1, 0.15) is 5.84 Å². The molecule has 27 heavy (non-hydrogen) atoms. The first-order valence-corrected chi connectivity index (χ1v) is 10.1. The summed E-state index contributed by atoms with van der Waals surface area (Å²) in [5, 5.41) is 0. The maximum atomic E-state index is 5.20. The topological polar surface area (TPSA) is 24.7 Å². The monoisotopic (exact) mass is 356 g/mol. The fourth-order valence-corrected chi connectivity index (χ4v) is 3.94. The molecule has 2 aliphatic rings. The molecule has 4 rings (SSSR count). The Labute approximate surface area is 162 Å². The summed E-state index contributed by atoms with van der Waals surface area (Å²) in [6.45, 7) is 6.58. The van der Waals surface area contributed by atoms with E-state index >= 15 is 0 Å². The number of allylic oxidation sites excluding steroid dienone is 2. The molecule has 0 atom stereocenters. The van der Waals surface area contributed by atoms with Crippen molar-refractivity contribution in [3.05, 3.63) is 71.3 Å². The van der Waals surface area contributed by atoms with Crippen molar-refractivity contribution in [2.45, 2.75) is 52.9 Å². The molecule has 0 N–H and O–H groups in total. The number of benzene rings is 2. The van der Waals surface area contributed by atoms with Crippen LogP contribution in [0.15, 0.2) is 70.2 Å². The third-order valence-electron chi connectivity index (χ3n) is 5.38. The van der Waals surface area contributed by atoms with Crippen molar-refractivity contribution in [3.8, 4) is 0 Å². The van der Waals surface area contributed by atoms with E-state index in [2.05, 4.69) is 75.4 Å². The maximum absolute atomic E-state index is 5.20. The van der Waals surface area contributed by atoms with Crippen LogP contribution in [-0.2, 0) is 0 Å². The zero-order valence-corrected chi connectivity index (χ0v) is 16.6. The van der Waals surface area contributed by atoms with Gasteiger partial charge < -0.3 is 0 Å². The second-order valence-corrected chi connectivity index (χ2v) is 8.57. The van der Waals surface area contributed by atoms with Crippen molar-refractivity contribution in [2.24, 2.45) is 15.4 Å². The minimum Gasteiger partial charge on any atom is -0.232 e. The zero-order chi connectivity index (χ0) is 18.9. The molecule has 2 aromatic carbocycles. The summed E-state index contributed by atoms with van der Waals surface area (Å²) in [5.74, 6) is 0.903. The largest absolute Gasteiger partial charge is 0.232 e. The first-order valence-electron chi connectivity index (χ1n) is 10.1. The van der Waals surface area contributed by atoms with Crippen molar-refractivity contribution < 1.29 is 0 Å². The molecule has 0 saturated heterocycles. The van der Waals surface area contributed by atoms with E-state index in [1.165, 1.54) is 48.8 Å². The minimum atomic E-state index is -0.111. The van der Waals surface area contributed by atoms with Crippen LogP contribution in [0.1, 0.15) is 64.0 Å². The standard InChI is InChI=1S/C25H28N2/c1-25(2,3)24-26-21-17-11-10-16-20(21)22(18-12-6-4-7-13-18)23(27-24)19-14-8-5-9-15-19/h5,8-11,14-17H,4,6-7,12-13H2,1-3H3. The lowest BCUT2D eigenvalue weighted by molar-refractivity contribution is 0.585. The van der Waals surface area contributed by atoms with E-state index < -0.39 is 0 Å². The van der Waals surface area contributed by atoms with E-state index in [0.29, 0.717) is 0 Å². The van der Waals surface area contributed by atoms with Crippen molar-refractivity contribution >= 4 is 22.8 Å². The summed E-state index contributed by atoms with van der Waals surface area (Å²) < 4.78 is 0. The van der Waals surface area contributed by atoms with E-state index in [-0.39, 0.29) is 5.41 Å². The van der Waals surface area contributed by atoms with Gasteiger partial charge in [-0.3, -0.25) is 0 Å². The van der Waals surface area contributed by atoms with Crippen LogP contribution in [0.2, 0.25) is 0 Å². The molecule has 2 heteroatoms. The highest BCUT2D eigenvalue weighted by atomic mass is 15.0. The molecule has 0 unspecified atom stereocenters. The van der Waals surface area contributed by atoms with Crippen LogP contribution < -0.4 is 0 Å². The van der Waals surface area contributed by atoms with Gasteiger partial charge in [-0.1, -0.05) is 81.3 Å². The van der Waals surface area contributed by atoms with Gasteiger partial charge in [-0.2, -0.15) is 0 Å². The molecule has 0 spiro atoms. The summed E-state index contributed by atoms with van der Waals surface area (Å²) in [4.78, 5) is 10.2. The number of hydrogen-bond acceptors (Lipinski definition) is 2. The lowest BCUT2D eigenvalue weighted by Crippen LogP contribution is -2.20. The minimum absolute atomic E-state index is 0.111. The number of fused-ring (bicyclic) bond motifs is 1. The number of amidine groups is 1. The lowest BCUT2D eigenvalue weighted by Gasteiger charge is -2.22. The van der Waals surface area contributed by atoms with Crippen LogP contribution in [0, 0.1) is 5.41 Å². The molecule has 2 aromatic rings. The second kappa shape index (κ2) is 7.26. The molecule has 1 aliphatic heterocycles. The number of aliphatic imine (C=N–C) groups is 2. The SMILES string of the molecule is CC(C)(C)C1=Nc2ccccc2C(=C2CCCCC2)C(c2ccccc2)=N1. The smallest absolute Gasteiger partial charge is 0.135 e. The van der Waals surface area contributed by atoms with E-state index in [9.17, 15) is 0 Å². The Hall–Kier alpha value is -2.48. The molecule has 1 fully saturated rings. The number of nitrogens with zero attached hydrogens (tertiary/aromatic N) is 2. The third-order valence-corrected chi connectivity index (χ3v) is 5.38. The Morgan fingerprint density at radius 3 is 2.11 bits per heavy atom. The van der Waals surface area contributed by atoms with Gasteiger partial charge in [0.2, 0.25) is 0 Å². The first kappa shape index (κ1) is 17.9. The molecule has 1 aliphatic carbocycles. The highest BCUT2D eigenvalue weighted by molar-refractivity contribution is 6.36. The van der Waals surface area contributed by atoms with E-state index in [1.807, 2.05) is 0 Å². The fourth-order valence-electron chi connectivity index (χ4n) is 3.94. The molecule has 2 nitrogen and oxygen atoms in total. The van der Waals surface area contributed by atoms with Crippen LogP contribution in [0.5, 0.6) is 0 Å². The first-order chi connectivity index (χ1) is 13.0. The predicted molar refractivity (Wildman–Crippen MR) is 116 cm³/mol. The Balaban J connectivity index is 2.03. The van der Waals surface area contributed by atoms with Crippen LogP contribution in [0.3, 0.4) is 0 Å². The van der Waals surface area contributed by atoms with Crippen molar-refractivity contribution in [1.82, 2.24) is 0 Å². The third kappa shape index (κ3) is 3.66. The maximum Gasteiger partial charge on any atom is 0.135 e. The van der Waals surface area contributed by atoms with Crippen LogP contribution in [-0.4, -0.2) is 11.5 Å². The molecular weight excluding hydrogens is 328 g/mol. The Morgan fingerprint density at radius 2 is 1.41 bits per heavy atom. The van der Waals surface area contributed by atoms with E-state index in [4.69, 9.17) is 9.98 Å². The fraction of sp³-hybridized carbons (Fsp3) is 0.360. The highest BCUT2D eigenvalue weighted by Gasteiger charge is 2.28. The summed E-state index contributed by atoms with van der Waals surface area (Å²) in [7, 11) is 0. The Morgan fingerprint density at radius 1 is 0.741 bits per heavy atom. The van der Waals surface area contributed by atoms with Gasteiger partial charge in [0, 0.05) is 22.1 Å². The Kier molecular flexibility index (Phi) is 4.82. The molecule has 0 amide bonds. The second-order valence-electron chi connectivity index (χ2n) is 8.57. The normalized spacial score (nSPS) is 17.7. The van der Waals surface area contributed by atoms with Crippen LogP contribution in [0.25, 0.3) is 5.57 Å². The number of rotatable bonds is 1. The Bertz CT molecular complexity index is 916. The van der Waals surface area contributed by atoms with Crippen molar-refractivity contribution in [2.75, 3.05) is 0 Å². The molecule has 138 valence electrons. The average molecular weight is 357 g/mol. The highest BCUT2D eigenvalue weighted by Crippen LogP contribution is 2.40. The molecular formula is C25H28N2. The molecule has 0 aromatic heterocycles. The summed E-state index contributed by atoms with van der Waals surface area (Å²) in [5.41, 5.74) is 7.30. The zero-order valence-electron chi connectivity index (χ0n) is 16.6. The van der Waals surface area contributed by atoms with Gasteiger partial charge in [-0.25, -0.2) is 9.98 Å².